The molecule has 110 valence electrons. The summed E-state index contributed by atoms with van der Waals surface area (Å²) in [5, 5.41) is 4.47. The molecule has 0 bridgehead atoms. The second-order valence-electron chi connectivity index (χ2n) is 6.04. The summed E-state index contributed by atoms with van der Waals surface area (Å²) in [6, 6.07) is 10.0. The van der Waals surface area contributed by atoms with Crippen LogP contribution in [0.15, 0.2) is 36.5 Å². The van der Waals surface area contributed by atoms with E-state index in [2.05, 4.69) is 23.3 Å². The van der Waals surface area contributed by atoms with Crippen molar-refractivity contribution in [1.29, 1.82) is 0 Å². The number of carbonyl (C=O) groups is 1. The molecule has 3 nitrogen and oxygen atoms in total. The van der Waals surface area contributed by atoms with Gasteiger partial charge in [-0.2, -0.15) is 0 Å². The molecule has 1 aromatic carbocycles. The first kappa shape index (κ1) is 14.2. The lowest BCUT2D eigenvalue weighted by Gasteiger charge is -2.26. The molecule has 0 spiro atoms. The molecule has 1 fully saturated rings. The summed E-state index contributed by atoms with van der Waals surface area (Å²) in [5.41, 5.74) is 1.92. The van der Waals surface area contributed by atoms with E-state index in [0.717, 1.165) is 48.8 Å². The third-order valence-corrected chi connectivity index (χ3v) is 4.65. The Morgan fingerprint density at radius 2 is 2.19 bits per heavy atom. The van der Waals surface area contributed by atoms with Crippen LogP contribution in [0.25, 0.3) is 10.9 Å². The van der Waals surface area contributed by atoms with Gasteiger partial charge in [0, 0.05) is 30.0 Å². The maximum atomic E-state index is 12.9. The lowest BCUT2D eigenvalue weighted by Crippen LogP contribution is -2.34. The fraction of sp³-hybridized carbons (Fsp3) is 0.444. The molecule has 1 aromatic heterocycles. The fourth-order valence-corrected chi connectivity index (χ4v) is 3.48. The Balaban J connectivity index is 1.89. The number of hydrogen-bond acceptors (Lipinski definition) is 3. The van der Waals surface area contributed by atoms with Crippen LogP contribution >= 0.6 is 0 Å². The monoisotopic (exact) mass is 282 g/mol. The number of ketones is 1. The number of benzene rings is 1. The summed E-state index contributed by atoms with van der Waals surface area (Å²) in [4.78, 5) is 17.3. The summed E-state index contributed by atoms with van der Waals surface area (Å²) in [6.07, 6.45) is 5.35. The van der Waals surface area contributed by atoms with Crippen molar-refractivity contribution in [3.05, 3.63) is 42.1 Å². The minimum absolute atomic E-state index is 0.154. The normalized spacial score (nSPS) is 21.8. The molecular formula is C18H22N2O. The number of hydrogen-bond donors (Lipinski definition) is 1. The Hall–Kier alpha value is -1.74. The maximum absolute atomic E-state index is 12.9. The summed E-state index contributed by atoms with van der Waals surface area (Å²) < 4.78 is 0. The summed E-state index contributed by atoms with van der Waals surface area (Å²) >= 11 is 0. The number of nitrogens with one attached hydrogen (secondary N) is 1. The largest absolute Gasteiger partial charge is 0.316 e. The zero-order valence-corrected chi connectivity index (χ0v) is 12.6. The topological polar surface area (TPSA) is 42.0 Å². The molecule has 2 heterocycles. The molecule has 1 N–H and O–H groups in total. The van der Waals surface area contributed by atoms with Crippen LogP contribution in [-0.2, 0) is 11.2 Å². The number of fused-ring (bicyclic) bond motifs is 1. The van der Waals surface area contributed by atoms with Gasteiger partial charge in [-0.1, -0.05) is 31.5 Å². The average Bonchev–Trinajstić information content (AvgIpc) is 2.98. The van der Waals surface area contributed by atoms with E-state index in [1.807, 2.05) is 30.5 Å². The number of para-hydroxylation sites is 1. The molecule has 21 heavy (non-hydrogen) atoms. The number of Topliss-reactive ketones (excluding diaryl/α,β-unsaturated/α-hetero) is 1. The third kappa shape index (κ3) is 2.70. The first-order valence-electron chi connectivity index (χ1n) is 7.82. The highest BCUT2D eigenvalue weighted by atomic mass is 16.1. The minimum Gasteiger partial charge on any atom is -0.316 e. The average molecular weight is 282 g/mol. The van der Waals surface area contributed by atoms with Gasteiger partial charge in [-0.3, -0.25) is 9.78 Å². The first-order valence-corrected chi connectivity index (χ1v) is 7.82. The van der Waals surface area contributed by atoms with Gasteiger partial charge in [-0.05, 0) is 37.1 Å². The van der Waals surface area contributed by atoms with E-state index >= 15 is 0 Å². The molecular weight excluding hydrogens is 260 g/mol. The van der Waals surface area contributed by atoms with E-state index in [4.69, 9.17) is 0 Å². The molecule has 3 rings (SSSR count). The van der Waals surface area contributed by atoms with Crippen molar-refractivity contribution >= 4 is 16.7 Å². The highest BCUT2D eigenvalue weighted by Gasteiger charge is 2.39. The Labute approximate surface area is 125 Å². The minimum atomic E-state index is -0.154. The van der Waals surface area contributed by atoms with Gasteiger partial charge in [0.1, 0.15) is 5.78 Å². The van der Waals surface area contributed by atoms with Crippen molar-refractivity contribution in [3.8, 4) is 0 Å². The Morgan fingerprint density at radius 3 is 2.95 bits per heavy atom. The van der Waals surface area contributed by atoms with E-state index < -0.39 is 0 Å². The molecule has 1 atom stereocenters. The first-order chi connectivity index (χ1) is 10.2. The molecule has 1 unspecified atom stereocenters. The number of nitrogens with zero attached hydrogens (tertiary/aromatic N) is 1. The van der Waals surface area contributed by atoms with Crippen molar-refractivity contribution in [2.75, 3.05) is 13.1 Å². The number of pyridine rings is 1. The predicted octanol–water partition coefficient (Wildman–Crippen LogP) is 3.13. The molecule has 1 aliphatic rings. The van der Waals surface area contributed by atoms with E-state index in [0.29, 0.717) is 12.2 Å². The number of aromatic nitrogens is 1. The Kier molecular flexibility index (Phi) is 4.02. The molecule has 1 aliphatic heterocycles. The van der Waals surface area contributed by atoms with Crippen LogP contribution in [0.2, 0.25) is 0 Å². The molecule has 0 saturated carbocycles. The lowest BCUT2D eigenvalue weighted by atomic mass is 9.76. The van der Waals surface area contributed by atoms with E-state index in [-0.39, 0.29) is 5.41 Å². The van der Waals surface area contributed by atoms with Crippen LogP contribution in [0, 0.1) is 5.41 Å². The summed E-state index contributed by atoms with van der Waals surface area (Å²) in [7, 11) is 0. The quantitative estimate of drug-likeness (QED) is 0.916. The van der Waals surface area contributed by atoms with Crippen LogP contribution in [0.4, 0.5) is 0 Å². The SMILES string of the molecule is CCCC1(C(=O)Cc2ccnc3ccccc23)CCNC1. The molecule has 3 heteroatoms. The second kappa shape index (κ2) is 5.94. The van der Waals surface area contributed by atoms with Crippen molar-refractivity contribution in [2.45, 2.75) is 32.6 Å². The van der Waals surface area contributed by atoms with Crippen LogP contribution in [0.5, 0.6) is 0 Å². The van der Waals surface area contributed by atoms with Crippen LogP contribution in [0.1, 0.15) is 31.7 Å². The van der Waals surface area contributed by atoms with Gasteiger partial charge in [0.2, 0.25) is 0 Å². The van der Waals surface area contributed by atoms with Gasteiger partial charge in [-0.15, -0.1) is 0 Å². The molecule has 0 amide bonds. The van der Waals surface area contributed by atoms with E-state index in [1.54, 1.807) is 0 Å². The predicted molar refractivity (Wildman–Crippen MR) is 85.3 cm³/mol. The summed E-state index contributed by atoms with van der Waals surface area (Å²) in [6.45, 7) is 3.96. The maximum Gasteiger partial charge on any atom is 0.144 e. The molecule has 2 aromatic rings. The van der Waals surface area contributed by atoms with Crippen LogP contribution < -0.4 is 5.32 Å². The van der Waals surface area contributed by atoms with Crippen LogP contribution in [-0.4, -0.2) is 23.9 Å². The highest BCUT2D eigenvalue weighted by Crippen LogP contribution is 2.34. The third-order valence-electron chi connectivity index (χ3n) is 4.65. The smallest absolute Gasteiger partial charge is 0.144 e. The highest BCUT2D eigenvalue weighted by molar-refractivity contribution is 5.92. The van der Waals surface area contributed by atoms with Gasteiger partial charge in [-0.25, -0.2) is 0 Å². The molecule has 1 saturated heterocycles. The van der Waals surface area contributed by atoms with Gasteiger partial charge in [0.05, 0.1) is 5.52 Å². The van der Waals surface area contributed by atoms with E-state index in [1.165, 1.54) is 0 Å². The Bertz CT molecular complexity index is 639. The van der Waals surface area contributed by atoms with Crippen molar-refractivity contribution < 1.29 is 4.79 Å². The fourth-order valence-electron chi connectivity index (χ4n) is 3.48. The van der Waals surface area contributed by atoms with Crippen molar-refractivity contribution in [1.82, 2.24) is 10.3 Å². The van der Waals surface area contributed by atoms with Gasteiger partial charge >= 0.3 is 0 Å². The van der Waals surface area contributed by atoms with E-state index in [9.17, 15) is 4.79 Å². The Morgan fingerprint density at radius 1 is 1.33 bits per heavy atom. The number of carbonyl (C=O) groups excluding carboxylic acids is 1. The van der Waals surface area contributed by atoms with Crippen LogP contribution in [0.3, 0.4) is 0 Å². The molecule has 0 aliphatic carbocycles. The van der Waals surface area contributed by atoms with Gasteiger partial charge in [0.15, 0.2) is 0 Å². The van der Waals surface area contributed by atoms with Gasteiger partial charge < -0.3 is 5.32 Å². The zero-order chi connectivity index (χ0) is 14.7. The molecule has 0 radical (unpaired) electrons. The van der Waals surface area contributed by atoms with Gasteiger partial charge in [0.25, 0.3) is 0 Å². The second-order valence-corrected chi connectivity index (χ2v) is 6.04. The lowest BCUT2D eigenvalue weighted by molar-refractivity contribution is -0.127. The zero-order valence-electron chi connectivity index (χ0n) is 12.6. The van der Waals surface area contributed by atoms with Crippen molar-refractivity contribution in [3.63, 3.8) is 0 Å². The van der Waals surface area contributed by atoms with Crippen molar-refractivity contribution in [2.24, 2.45) is 5.41 Å². The number of rotatable bonds is 5. The summed E-state index contributed by atoms with van der Waals surface area (Å²) in [5.74, 6) is 0.380. The standard InChI is InChI=1S/C18H22N2O/c1-2-8-18(9-11-19-13-18)17(21)12-14-7-10-20-16-6-4-3-5-15(14)16/h3-7,10,19H,2,8-9,11-13H2,1H3.